The molecule has 0 spiro atoms. The zero-order valence-electron chi connectivity index (χ0n) is 12.2. The Hall–Kier alpha value is -1.75. The number of aromatic nitrogens is 2. The van der Waals surface area contributed by atoms with Crippen LogP contribution in [-0.2, 0) is 6.42 Å². The van der Waals surface area contributed by atoms with Crippen LogP contribution in [0.3, 0.4) is 0 Å². The first-order valence-corrected chi connectivity index (χ1v) is 7.36. The van der Waals surface area contributed by atoms with Gasteiger partial charge in [-0.05, 0) is 35.9 Å². The van der Waals surface area contributed by atoms with E-state index in [0.717, 1.165) is 22.2 Å². The third-order valence-electron chi connectivity index (χ3n) is 3.34. The molecule has 7 heteroatoms. The van der Waals surface area contributed by atoms with E-state index in [1.165, 1.54) is 0 Å². The van der Waals surface area contributed by atoms with Crippen molar-refractivity contribution >= 4 is 52.5 Å². The number of rotatable bonds is 3. The molecule has 0 fully saturated rings. The van der Waals surface area contributed by atoms with Crippen LogP contribution in [0.15, 0.2) is 36.4 Å². The molecule has 0 aliphatic carbocycles. The van der Waals surface area contributed by atoms with Crippen molar-refractivity contribution in [1.82, 2.24) is 9.97 Å². The first kappa shape index (κ1) is 17.6. The van der Waals surface area contributed by atoms with Crippen LogP contribution < -0.4 is 10.5 Å². The van der Waals surface area contributed by atoms with Crippen LogP contribution >= 0.6 is 35.6 Å². The Labute approximate surface area is 150 Å². The van der Waals surface area contributed by atoms with Gasteiger partial charge in [0, 0.05) is 16.8 Å². The van der Waals surface area contributed by atoms with Gasteiger partial charge in [-0.15, -0.1) is 12.4 Å². The van der Waals surface area contributed by atoms with Gasteiger partial charge >= 0.3 is 0 Å². The van der Waals surface area contributed by atoms with E-state index in [2.05, 4.69) is 9.97 Å². The maximum Gasteiger partial charge on any atom is 0.220 e. The molecule has 0 saturated heterocycles. The number of fused-ring (bicyclic) bond motifs is 1. The van der Waals surface area contributed by atoms with E-state index in [4.69, 9.17) is 33.7 Å². The smallest absolute Gasteiger partial charge is 0.220 e. The summed E-state index contributed by atoms with van der Waals surface area (Å²) in [5.74, 6) is 0.880. The first-order chi connectivity index (χ1) is 10.6. The van der Waals surface area contributed by atoms with Gasteiger partial charge in [-0.25, -0.2) is 9.97 Å². The van der Waals surface area contributed by atoms with Crippen LogP contribution in [-0.4, -0.2) is 17.1 Å². The zero-order valence-corrected chi connectivity index (χ0v) is 14.5. The van der Waals surface area contributed by atoms with Crippen molar-refractivity contribution in [3.8, 4) is 5.75 Å². The van der Waals surface area contributed by atoms with Gasteiger partial charge in [-0.2, -0.15) is 0 Å². The normalized spacial score (nSPS) is 10.4. The summed E-state index contributed by atoms with van der Waals surface area (Å²) in [4.78, 5) is 8.57. The van der Waals surface area contributed by atoms with Gasteiger partial charge in [0.2, 0.25) is 5.95 Å². The van der Waals surface area contributed by atoms with Gasteiger partial charge in [0.15, 0.2) is 0 Å². The maximum atomic E-state index is 6.17. The van der Waals surface area contributed by atoms with Gasteiger partial charge in [0.25, 0.3) is 0 Å². The number of benzene rings is 2. The molecule has 23 heavy (non-hydrogen) atoms. The van der Waals surface area contributed by atoms with Crippen LogP contribution in [0.5, 0.6) is 5.75 Å². The molecule has 4 nitrogen and oxygen atoms in total. The summed E-state index contributed by atoms with van der Waals surface area (Å²) in [7, 11) is 1.58. The fraction of sp³-hybridized carbons (Fsp3) is 0.125. The van der Waals surface area contributed by atoms with Crippen molar-refractivity contribution in [3.63, 3.8) is 0 Å². The predicted molar refractivity (Wildman–Crippen MR) is 97.0 cm³/mol. The maximum absolute atomic E-state index is 6.17. The van der Waals surface area contributed by atoms with Crippen LogP contribution in [0.1, 0.15) is 11.3 Å². The lowest BCUT2D eigenvalue weighted by Crippen LogP contribution is -2.02. The standard InChI is InChI=1S/C16H13Cl2N3O.ClH/c1-22-15-5-2-9(6-12(15)18)7-14-11-8-10(17)3-4-13(11)20-16(19)21-14;/h2-6,8H,7H2,1H3,(H2,19,20,21);1H. The number of anilines is 1. The Morgan fingerprint density at radius 1 is 1.09 bits per heavy atom. The molecule has 0 bridgehead atoms. The van der Waals surface area contributed by atoms with E-state index < -0.39 is 0 Å². The van der Waals surface area contributed by atoms with Gasteiger partial charge in [-0.1, -0.05) is 29.3 Å². The average molecular weight is 371 g/mol. The molecule has 0 aliphatic heterocycles. The highest BCUT2D eigenvalue weighted by molar-refractivity contribution is 6.32. The highest BCUT2D eigenvalue weighted by Gasteiger charge is 2.09. The number of nitrogens with zero attached hydrogens (tertiary/aromatic N) is 2. The van der Waals surface area contributed by atoms with Crippen molar-refractivity contribution in [2.24, 2.45) is 0 Å². The number of methoxy groups -OCH3 is 1. The second-order valence-corrected chi connectivity index (χ2v) is 5.68. The molecular formula is C16H14Cl3N3O. The Balaban J connectivity index is 0.00000192. The number of nitrogens with two attached hydrogens (primary N) is 1. The third kappa shape index (κ3) is 3.78. The Bertz CT molecular complexity index is 855. The molecule has 0 radical (unpaired) electrons. The zero-order chi connectivity index (χ0) is 15.7. The molecular weight excluding hydrogens is 357 g/mol. The fourth-order valence-corrected chi connectivity index (χ4v) is 2.78. The van der Waals surface area contributed by atoms with E-state index in [9.17, 15) is 0 Å². The summed E-state index contributed by atoms with van der Waals surface area (Å²) >= 11 is 12.2. The minimum atomic E-state index is 0. The summed E-state index contributed by atoms with van der Waals surface area (Å²) in [6.45, 7) is 0. The van der Waals surface area contributed by atoms with Crippen LogP contribution in [0, 0.1) is 0 Å². The molecule has 0 atom stereocenters. The minimum Gasteiger partial charge on any atom is -0.495 e. The highest BCUT2D eigenvalue weighted by atomic mass is 35.5. The van der Waals surface area contributed by atoms with Crippen LogP contribution in [0.25, 0.3) is 10.9 Å². The van der Waals surface area contributed by atoms with Crippen molar-refractivity contribution in [1.29, 1.82) is 0 Å². The van der Waals surface area contributed by atoms with E-state index in [1.807, 2.05) is 30.3 Å². The molecule has 3 aromatic rings. The minimum absolute atomic E-state index is 0. The average Bonchev–Trinajstić information content (AvgIpc) is 2.48. The summed E-state index contributed by atoms with van der Waals surface area (Å²) in [6.07, 6.45) is 0.577. The Morgan fingerprint density at radius 2 is 1.87 bits per heavy atom. The molecule has 1 aromatic heterocycles. The van der Waals surface area contributed by atoms with Crippen LogP contribution in [0.4, 0.5) is 5.95 Å². The molecule has 120 valence electrons. The first-order valence-electron chi connectivity index (χ1n) is 6.61. The summed E-state index contributed by atoms with van der Waals surface area (Å²) in [5, 5.41) is 2.08. The van der Waals surface area contributed by atoms with E-state index in [0.29, 0.717) is 22.2 Å². The van der Waals surface area contributed by atoms with E-state index in [1.54, 1.807) is 13.2 Å². The second kappa shape index (κ2) is 7.21. The van der Waals surface area contributed by atoms with Crippen molar-refractivity contribution in [3.05, 3.63) is 57.7 Å². The predicted octanol–water partition coefficient (Wildman–Crippen LogP) is 4.54. The Kier molecular flexibility index (Phi) is 5.52. The number of hydrogen-bond acceptors (Lipinski definition) is 4. The number of hydrogen-bond donors (Lipinski definition) is 1. The largest absolute Gasteiger partial charge is 0.495 e. The fourth-order valence-electron chi connectivity index (χ4n) is 2.33. The van der Waals surface area contributed by atoms with Crippen molar-refractivity contribution in [2.75, 3.05) is 12.8 Å². The van der Waals surface area contributed by atoms with Crippen molar-refractivity contribution < 1.29 is 4.74 Å². The second-order valence-electron chi connectivity index (χ2n) is 4.84. The van der Waals surface area contributed by atoms with E-state index in [-0.39, 0.29) is 18.4 Å². The van der Waals surface area contributed by atoms with Crippen molar-refractivity contribution in [2.45, 2.75) is 6.42 Å². The van der Waals surface area contributed by atoms with Crippen LogP contribution in [0.2, 0.25) is 10.0 Å². The molecule has 0 amide bonds. The molecule has 2 aromatic carbocycles. The third-order valence-corrected chi connectivity index (χ3v) is 3.87. The lowest BCUT2D eigenvalue weighted by molar-refractivity contribution is 0.415. The van der Waals surface area contributed by atoms with Gasteiger partial charge in [0.05, 0.1) is 23.3 Å². The molecule has 0 unspecified atom stereocenters. The molecule has 0 aliphatic rings. The Morgan fingerprint density at radius 3 is 2.57 bits per heavy atom. The quantitative estimate of drug-likeness (QED) is 0.735. The monoisotopic (exact) mass is 369 g/mol. The molecule has 1 heterocycles. The number of ether oxygens (including phenoxy) is 1. The lowest BCUT2D eigenvalue weighted by Gasteiger charge is -2.09. The molecule has 3 rings (SSSR count). The summed E-state index contributed by atoms with van der Waals surface area (Å²) in [5.41, 5.74) is 8.38. The van der Waals surface area contributed by atoms with Gasteiger partial charge < -0.3 is 10.5 Å². The number of halogens is 3. The molecule has 0 saturated carbocycles. The highest BCUT2D eigenvalue weighted by Crippen LogP contribution is 2.28. The van der Waals surface area contributed by atoms with Gasteiger partial charge in [-0.3, -0.25) is 0 Å². The summed E-state index contributed by atoms with van der Waals surface area (Å²) < 4.78 is 5.16. The molecule has 2 N–H and O–H groups in total. The SMILES string of the molecule is COc1ccc(Cc2nc(N)nc3ccc(Cl)cc23)cc1Cl.Cl. The lowest BCUT2D eigenvalue weighted by atomic mass is 10.1. The van der Waals surface area contributed by atoms with Gasteiger partial charge in [0.1, 0.15) is 5.75 Å². The summed E-state index contributed by atoms with van der Waals surface area (Å²) in [6, 6.07) is 11.1. The number of nitrogen functional groups attached to an aromatic ring is 1. The van der Waals surface area contributed by atoms with E-state index >= 15 is 0 Å². The topological polar surface area (TPSA) is 61.0 Å².